The molecule has 9 heteroatoms. The van der Waals surface area contributed by atoms with Crippen LogP contribution in [0.15, 0.2) is 18.2 Å². The molecule has 0 aliphatic heterocycles. The molecule has 16 heavy (non-hydrogen) atoms. The molecule has 0 fully saturated rings. The summed E-state index contributed by atoms with van der Waals surface area (Å²) in [4.78, 5) is 30.2. The SMILES string of the molecule is NNC(=O)c1ccc([N+](=O)[O-])c([N+](=O)[O-])c1. The van der Waals surface area contributed by atoms with E-state index in [4.69, 9.17) is 5.84 Å². The molecule has 9 nitrogen and oxygen atoms in total. The molecule has 0 saturated heterocycles. The van der Waals surface area contributed by atoms with Crippen LogP contribution < -0.4 is 11.3 Å². The third-order valence-corrected chi connectivity index (χ3v) is 1.76. The summed E-state index contributed by atoms with van der Waals surface area (Å²) >= 11 is 0. The van der Waals surface area contributed by atoms with Gasteiger partial charge in [0.25, 0.3) is 5.91 Å². The second kappa shape index (κ2) is 4.31. The van der Waals surface area contributed by atoms with E-state index < -0.39 is 27.1 Å². The summed E-state index contributed by atoms with van der Waals surface area (Å²) in [5.74, 6) is 4.06. The third kappa shape index (κ3) is 2.09. The highest BCUT2D eigenvalue weighted by molar-refractivity contribution is 5.94. The van der Waals surface area contributed by atoms with Gasteiger partial charge in [-0.1, -0.05) is 0 Å². The standard InChI is InChI=1S/C7H6N4O5/c8-9-7(12)4-1-2-5(10(13)14)6(3-4)11(15)16/h1-3H,8H2,(H,9,12). The first-order valence-electron chi connectivity index (χ1n) is 3.91. The Labute approximate surface area is 88.1 Å². The van der Waals surface area contributed by atoms with Gasteiger partial charge in [0.2, 0.25) is 0 Å². The van der Waals surface area contributed by atoms with Crippen LogP contribution in [-0.4, -0.2) is 15.8 Å². The molecule has 1 rings (SSSR count). The van der Waals surface area contributed by atoms with Crippen LogP contribution in [0.3, 0.4) is 0 Å². The van der Waals surface area contributed by atoms with Crippen LogP contribution in [-0.2, 0) is 0 Å². The lowest BCUT2D eigenvalue weighted by molar-refractivity contribution is -0.422. The number of nitro benzene ring substituents is 2. The van der Waals surface area contributed by atoms with Crippen LogP contribution >= 0.6 is 0 Å². The molecule has 0 radical (unpaired) electrons. The lowest BCUT2D eigenvalue weighted by atomic mass is 10.1. The Morgan fingerprint density at radius 2 is 1.75 bits per heavy atom. The highest BCUT2D eigenvalue weighted by atomic mass is 16.6. The average Bonchev–Trinajstić information content (AvgIpc) is 2.26. The molecule has 0 spiro atoms. The van der Waals surface area contributed by atoms with E-state index in [-0.39, 0.29) is 5.56 Å². The number of nitrogen functional groups attached to an aromatic ring is 1. The maximum Gasteiger partial charge on any atom is 0.346 e. The molecule has 84 valence electrons. The summed E-state index contributed by atoms with van der Waals surface area (Å²) in [7, 11) is 0. The van der Waals surface area contributed by atoms with E-state index in [1.54, 1.807) is 5.43 Å². The minimum absolute atomic E-state index is 0.125. The molecule has 0 heterocycles. The average molecular weight is 226 g/mol. The molecule has 1 amide bonds. The Balaban J connectivity index is 3.34. The van der Waals surface area contributed by atoms with Crippen molar-refractivity contribution >= 4 is 17.3 Å². The van der Waals surface area contributed by atoms with E-state index in [0.29, 0.717) is 0 Å². The maximum absolute atomic E-state index is 11.0. The highest BCUT2D eigenvalue weighted by Gasteiger charge is 2.25. The van der Waals surface area contributed by atoms with Crippen LogP contribution in [0.2, 0.25) is 0 Å². The Morgan fingerprint density at radius 1 is 1.19 bits per heavy atom. The number of amides is 1. The second-order valence-electron chi connectivity index (χ2n) is 2.69. The Morgan fingerprint density at radius 3 is 2.19 bits per heavy atom. The monoisotopic (exact) mass is 226 g/mol. The number of hydrazine groups is 1. The van der Waals surface area contributed by atoms with Crippen molar-refractivity contribution < 1.29 is 14.6 Å². The summed E-state index contributed by atoms with van der Waals surface area (Å²) in [6, 6.07) is 2.75. The van der Waals surface area contributed by atoms with E-state index >= 15 is 0 Å². The van der Waals surface area contributed by atoms with Gasteiger partial charge in [-0.05, 0) is 6.07 Å². The van der Waals surface area contributed by atoms with Gasteiger partial charge in [-0.2, -0.15) is 0 Å². The fourth-order valence-corrected chi connectivity index (χ4v) is 1.05. The number of carbonyl (C=O) groups excluding carboxylic acids is 1. The Hall–Kier alpha value is -2.55. The molecule has 0 aromatic heterocycles. The summed E-state index contributed by atoms with van der Waals surface area (Å²) in [5, 5.41) is 21.0. The molecular formula is C7H6N4O5. The van der Waals surface area contributed by atoms with Crippen molar-refractivity contribution in [2.24, 2.45) is 5.84 Å². The smallest absolute Gasteiger partial charge is 0.290 e. The van der Waals surface area contributed by atoms with Gasteiger partial charge in [-0.3, -0.25) is 30.4 Å². The predicted molar refractivity (Wildman–Crippen MR) is 51.4 cm³/mol. The highest BCUT2D eigenvalue weighted by Crippen LogP contribution is 2.27. The van der Waals surface area contributed by atoms with Crippen LogP contribution in [0, 0.1) is 20.2 Å². The first-order valence-corrected chi connectivity index (χ1v) is 3.91. The first kappa shape index (κ1) is 11.5. The van der Waals surface area contributed by atoms with E-state index in [1.165, 1.54) is 0 Å². The van der Waals surface area contributed by atoms with Crippen molar-refractivity contribution in [1.29, 1.82) is 0 Å². The fraction of sp³-hybridized carbons (Fsp3) is 0. The number of hydrogen-bond donors (Lipinski definition) is 2. The number of hydrogen-bond acceptors (Lipinski definition) is 6. The van der Waals surface area contributed by atoms with E-state index in [0.717, 1.165) is 18.2 Å². The van der Waals surface area contributed by atoms with Crippen molar-refractivity contribution in [3.8, 4) is 0 Å². The van der Waals surface area contributed by atoms with Gasteiger partial charge in [-0.15, -0.1) is 0 Å². The zero-order valence-electron chi connectivity index (χ0n) is 7.75. The zero-order valence-corrected chi connectivity index (χ0v) is 7.75. The number of nitro groups is 2. The van der Waals surface area contributed by atoms with Crippen LogP contribution in [0.25, 0.3) is 0 Å². The maximum atomic E-state index is 11.0. The number of nitrogens with two attached hydrogens (primary N) is 1. The van der Waals surface area contributed by atoms with Crippen molar-refractivity contribution in [3.63, 3.8) is 0 Å². The van der Waals surface area contributed by atoms with Gasteiger partial charge in [0.15, 0.2) is 0 Å². The largest absolute Gasteiger partial charge is 0.346 e. The topological polar surface area (TPSA) is 141 Å². The molecule has 0 unspecified atom stereocenters. The molecule has 1 aromatic carbocycles. The van der Waals surface area contributed by atoms with E-state index in [1.807, 2.05) is 0 Å². The summed E-state index contributed by atoms with van der Waals surface area (Å²) in [5.41, 5.74) is 0.199. The molecule has 0 atom stereocenters. The molecule has 0 aliphatic carbocycles. The summed E-state index contributed by atoms with van der Waals surface area (Å²) < 4.78 is 0. The summed E-state index contributed by atoms with van der Waals surface area (Å²) in [6.45, 7) is 0. The number of rotatable bonds is 3. The van der Waals surface area contributed by atoms with Gasteiger partial charge < -0.3 is 0 Å². The first-order chi connectivity index (χ1) is 7.47. The van der Waals surface area contributed by atoms with Gasteiger partial charge in [0, 0.05) is 17.7 Å². The zero-order chi connectivity index (χ0) is 12.3. The van der Waals surface area contributed by atoms with Gasteiger partial charge in [-0.25, -0.2) is 5.84 Å². The predicted octanol–water partition coefficient (Wildman–Crippen LogP) is 0.107. The fourth-order valence-electron chi connectivity index (χ4n) is 1.05. The quantitative estimate of drug-likeness (QED) is 0.324. The van der Waals surface area contributed by atoms with E-state index in [2.05, 4.69) is 0 Å². The van der Waals surface area contributed by atoms with Gasteiger partial charge >= 0.3 is 11.4 Å². The van der Waals surface area contributed by atoms with Crippen molar-refractivity contribution in [3.05, 3.63) is 44.0 Å². The number of nitrogens with zero attached hydrogens (tertiary/aromatic N) is 2. The number of nitrogens with one attached hydrogen (secondary N) is 1. The lowest BCUT2D eigenvalue weighted by Gasteiger charge is -1.99. The minimum Gasteiger partial charge on any atom is -0.290 e. The van der Waals surface area contributed by atoms with Crippen LogP contribution in [0.1, 0.15) is 10.4 Å². The van der Waals surface area contributed by atoms with Gasteiger partial charge in [0.1, 0.15) is 0 Å². The molecule has 0 aliphatic rings. The lowest BCUT2D eigenvalue weighted by Crippen LogP contribution is -2.29. The minimum atomic E-state index is -0.939. The molecule has 3 N–H and O–H groups in total. The Bertz CT molecular complexity index is 472. The van der Waals surface area contributed by atoms with Crippen LogP contribution in [0.4, 0.5) is 11.4 Å². The number of carbonyl (C=O) groups is 1. The van der Waals surface area contributed by atoms with Crippen molar-refractivity contribution in [2.45, 2.75) is 0 Å². The molecule has 0 saturated carbocycles. The molecule has 0 bridgehead atoms. The normalized spacial score (nSPS) is 9.56. The molecule has 1 aromatic rings. The summed E-state index contributed by atoms with van der Waals surface area (Å²) in [6.07, 6.45) is 0. The Kier molecular flexibility index (Phi) is 3.11. The van der Waals surface area contributed by atoms with Crippen molar-refractivity contribution in [2.75, 3.05) is 0 Å². The number of benzene rings is 1. The van der Waals surface area contributed by atoms with Crippen LogP contribution in [0.5, 0.6) is 0 Å². The third-order valence-electron chi connectivity index (χ3n) is 1.76. The molecular weight excluding hydrogens is 220 g/mol. The second-order valence-corrected chi connectivity index (χ2v) is 2.69. The van der Waals surface area contributed by atoms with E-state index in [9.17, 15) is 25.0 Å². The van der Waals surface area contributed by atoms with Crippen molar-refractivity contribution in [1.82, 2.24) is 5.43 Å². The van der Waals surface area contributed by atoms with Gasteiger partial charge in [0.05, 0.1) is 9.85 Å².